The van der Waals surface area contributed by atoms with Crippen LogP contribution in [-0.2, 0) is 0 Å². The lowest BCUT2D eigenvalue weighted by molar-refractivity contribution is -0.385. The molecule has 0 aliphatic carbocycles. The molecule has 1 aliphatic heterocycles. The molecule has 120 valence electrons. The van der Waals surface area contributed by atoms with Crippen molar-refractivity contribution in [1.82, 2.24) is 0 Å². The van der Waals surface area contributed by atoms with Crippen LogP contribution in [0.4, 0.5) is 21.5 Å². The Morgan fingerprint density at radius 2 is 1.67 bits per heavy atom. The Kier molecular flexibility index (Phi) is 3.29. The second-order valence-corrected chi connectivity index (χ2v) is 4.80. The van der Waals surface area contributed by atoms with E-state index in [1.54, 1.807) is 0 Å². The molecule has 2 aromatic rings. The first-order chi connectivity index (χ1) is 11.3. The second kappa shape index (κ2) is 5.19. The van der Waals surface area contributed by atoms with E-state index in [0.717, 1.165) is 24.3 Å². The summed E-state index contributed by atoms with van der Waals surface area (Å²) < 4.78 is 14.0. The van der Waals surface area contributed by atoms with Crippen LogP contribution in [0.25, 0.3) is 0 Å². The molecule has 0 aromatic heterocycles. The van der Waals surface area contributed by atoms with E-state index in [4.69, 9.17) is 0 Å². The number of nitro benzene ring substituents is 2. The number of benzene rings is 2. The van der Waals surface area contributed by atoms with Crippen LogP contribution in [-0.4, -0.2) is 21.7 Å². The predicted octanol–water partition coefficient (Wildman–Crippen LogP) is 2.44. The molecular weight excluding hydrogens is 325 g/mol. The number of carbonyl (C=O) groups excluding carboxylic acids is 2. The number of non-ortho nitro benzene ring substituents is 1. The fourth-order valence-corrected chi connectivity index (χ4v) is 2.42. The first-order valence-corrected chi connectivity index (χ1v) is 6.43. The first-order valence-electron chi connectivity index (χ1n) is 6.43. The summed E-state index contributed by atoms with van der Waals surface area (Å²) >= 11 is 0. The van der Waals surface area contributed by atoms with Gasteiger partial charge < -0.3 is 0 Å². The second-order valence-electron chi connectivity index (χ2n) is 4.80. The molecule has 0 saturated heterocycles. The van der Waals surface area contributed by atoms with Crippen LogP contribution in [0, 0.1) is 26.0 Å². The number of hydrogen-bond acceptors (Lipinski definition) is 6. The van der Waals surface area contributed by atoms with Crippen LogP contribution in [0.2, 0.25) is 0 Å². The number of nitro groups is 2. The van der Waals surface area contributed by atoms with E-state index in [2.05, 4.69) is 0 Å². The van der Waals surface area contributed by atoms with Crippen molar-refractivity contribution >= 4 is 28.9 Å². The zero-order valence-electron chi connectivity index (χ0n) is 11.6. The van der Waals surface area contributed by atoms with Gasteiger partial charge in [-0.25, -0.2) is 9.29 Å². The molecule has 0 unspecified atom stereocenters. The van der Waals surface area contributed by atoms with Crippen molar-refractivity contribution in [1.29, 1.82) is 0 Å². The Morgan fingerprint density at radius 1 is 0.958 bits per heavy atom. The van der Waals surface area contributed by atoms with E-state index in [1.807, 2.05) is 0 Å². The van der Waals surface area contributed by atoms with E-state index in [9.17, 15) is 34.2 Å². The SMILES string of the molecule is O=C1c2cccc([N+](=O)[O-])c2C(=O)N1c1cc([N+](=O)[O-])ccc1F. The van der Waals surface area contributed by atoms with E-state index in [1.165, 1.54) is 12.1 Å². The summed E-state index contributed by atoms with van der Waals surface area (Å²) in [6, 6.07) is 5.79. The normalized spacial score (nSPS) is 13.1. The Bertz CT molecular complexity index is 942. The first kappa shape index (κ1) is 15.2. The van der Waals surface area contributed by atoms with Gasteiger partial charge in [0.15, 0.2) is 0 Å². The third-order valence-electron chi connectivity index (χ3n) is 3.47. The molecule has 24 heavy (non-hydrogen) atoms. The van der Waals surface area contributed by atoms with Crippen LogP contribution in [0.15, 0.2) is 36.4 Å². The Balaban J connectivity index is 2.19. The monoisotopic (exact) mass is 331 g/mol. The van der Waals surface area contributed by atoms with Crippen LogP contribution in [0.5, 0.6) is 0 Å². The number of anilines is 1. The number of nitrogens with zero attached hydrogens (tertiary/aromatic N) is 3. The predicted molar refractivity (Wildman–Crippen MR) is 77.3 cm³/mol. The maximum Gasteiger partial charge on any atom is 0.283 e. The van der Waals surface area contributed by atoms with Crippen LogP contribution in [0.1, 0.15) is 20.7 Å². The van der Waals surface area contributed by atoms with E-state index in [-0.39, 0.29) is 5.56 Å². The van der Waals surface area contributed by atoms with Gasteiger partial charge in [-0.3, -0.25) is 29.8 Å². The largest absolute Gasteiger partial charge is 0.283 e. The van der Waals surface area contributed by atoms with Crippen molar-refractivity contribution in [3.05, 3.63) is 73.6 Å². The molecule has 0 fully saturated rings. The van der Waals surface area contributed by atoms with Gasteiger partial charge in [-0.1, -0.05) is 6.07 Å². The van der Waals surface area contributed by atoms with Crippen LogP contribution >= 0.6 is 0 Å². The standard InChI is InChI=1S/C14H6FN3O6/c15-9-5-4-7(17(21)22)6-11(9)16-13(19)8-2-1-3-10(18(23)24)12(8)14(16)20/h1-6H. The fraction of sp³-hybridized carbons (Fsp3) is 0. The average molecular weight is 331 g/mol. The summed E-state index contributed by atoms with van der Waals surface area (Å²) in [5, 5.41) is 21.8. The Morgan fingerprint density at radius 3 is 2.29 bits per heavy atom. The van der Waals surface area contributed by atoms with Crippen molar-refractivity contribution in [2.75, 3.05) is 4.90 Å². The summed E-state index contributed by atoms with van der Waals surface area (Å²) in [5.74, 6) is -3.14. The maximum atomic E-state index is 14.0. The molecule has 9 nitrogen and oxygen atoms in total. The van der Waals surface area contributed by atoms with Gasteiger partial charge >= 0.3 is 0 Å². The molecule has 2 amide bonds. The number of rotatable bonds is 3. The summed E-state index contributed by atoms with van der Waals surface area (Å²) in [4.78, 5) is 45.3. The highest BCUT2D eigenvalue weighted by Gasteiger charge is 2.43. The lowest BCUT2D eigenvalue weighted by atomic mass is 10.1. The number of imide groups is 1. The van der Waals surface area contributed by atoms with Gasteiger partial charge in [-0.05, 0) is 12.1 Å². The molecule has 2 aromatic carbocycles. The van der Waals surface area contributed by atoms with E-state index < -0.39 is 50.1 Å². The highest BCUT2D eigenvalue weighted by Crippen LogP contribution is 2.36. The quantitative estimate of drug-likeness (QED) is 0.483. The molecule has 0 N–H and O–H groups in total. The topological polar surface area (TPSA) is 124 Å². The number of amides is 2. The van der Waals surface area contributed by atoms with Gasteiger partial charge in [0.25, 0.3) is 23.2 Å². The van der Waals surface area contributed by atoms with Gasteiger partial charge in [0.05, 0.1) is 21.1 Å². The maximum absolute atomic E-state index is 14.0. The summed E-state index contributed by atoms with van der Waals surface area (Å²) in [6.07, 6.45) is 0. The van der Waals surface area contributed by atoms with Crippen molar-refractivity contribution in [2.45, 2.75) is 0 Å². The molecule has 1 heterocycles. The molecule has 0 bridgehead atoms. The summed E-state index contributed by atoms with van der Waals surface area (Å²) in [6.45, 7) is 0. The minimum atomic E-state index is -1.11. The minimum Gasteiger partial charge on any atom is -0.268 e. The van der Waals surface area contributed by atoms with E-state index in [0.29, 0.717) is 4.90 Å². The van der Waals surface area contributed by atoms with Crippen LogP contribution < -0.4 is 4.90 Å². The zero-order chi connectivity index (χ0) is 17.6. The molecule has 10 heteroatoms. The lowest BCUT2D eigenvalue weighted by Gasteiger charge is -2.14. The number of fused-ring (bicyclic) bond motifs is 1. The minimum absolute atomic E-state index is 0.264. The highest BCUT2D eigenvalue weighted by atomic mass is 19.1. The number of halogens is 1. The molecule has 0 saturated carbocycles. The Hall–Kier alpha value is -3.69. The molecule has 0 radical (unpaired) electrons. The molecular formula is C14H6FN3O6. The van der Waals surface area contributed by atoms with Gasteiger partial charge in [-0.2, -0.15) is 0 Å². The van der Waals surface area contributed by atoms with E-state index >= 15 is 0 Å². The van der Waals surface area contributed by atoms with Gasteiger partial charge in [-0.15, -0.1) is 0 Å². The van der Waals surface area contributed by atoms with Crippen molar-refractivity contribution < 1.29 is 23.8 Å². The summed E-state index contributed by atoms with van der Waals surface area (Å²) in [7, 11) is 0. The lowest BCUT2D eigenvalue weighted by Crippen LogP contribution is -2.30. The molecule has 1 aliphatic rings. The van der Waals surface area contributed by atoms with Crippen molar-refractivity contribution in [2.24, 2.45) is 0 Å². The van der Waals surface area contributed by atoms with Crippen molar-refractivity contribution in [3.8, 4) is 0 Å². The highest BCUT2D eigenvalue weighted by molar-refractivity contribution is 6.35. The molecule has 3 rings (SSSR count). The smallest absolute Gasteiger partial charge is 0.268 e. The van der Waals surface area contributed by atoms with Gasteiger partial charge in [0, 0.05) is 18.2 Å². The third kappa shape index (κ3) is 2.08. The molecule has 0 atom stereocenters. The van der Waals surface area contributed by atoms with Gasteiger partial charge in [0.1, 0.15) is 11.4 Å². The van der Waals surface area contributed by atoms with Crippen molar-refractivity contribution in [3.63, 3.8) is 0 Å². The fourth-order valence-electron chi connectivity index (χ4n) is 2.42. The summed E-state index contributed by atoms with van der Waals surface area (Å²) in [5.41, 5.74) is -2.50. The number of hydrogen-bond donors (Lipinski definition) is 0. The Labute approximate surface area is 132 Å². The zero-order valence-corrected chi connectivity index (χ0v) is 11.6. The van der Waals surface area contributed by atoms with Crippen LogP contribution in [0.3, 0.4) is 0 Å². The average Bonchev–Trinajstić information content (AvgIpc) is 2.79. The molecule has 0 spiro atoms. The van der Waals surface area contributed by atoms with Gasteiger partial charge in [0.2, 0.25) is 0 Å². The third-order valence-corrected chi connectivity index (χ3v) is 3.47. The number of carbonyl (C=O) groups is 2.